The molecule has 7 heteroatoms. The highest BCUT2D eigenvalue weighted by atomic mass is 32.2. The Hall–Kier alpha value is -2.54. The van der Waals surface area contributed by atoms with Crippen LogP contribution in [0.2, 0.25) is 0 Å². The van der Waals surface area contributed by atoms with E-state index >= 15 is 0 Å². The lowest BCUT2D eigenvalue weighted by Crippen LogP contribution is -2.25. The van der Waals surface area contributed by atoms with E-state index in [1.807, 2.05) is 36.4 Å². The Balaban J connectivity index is 2.02. The predicted octanol–water partition coefficient (Wildman–Crippen LogP) is 2.54. The van der Waals surface area contributed by atoms with Crippen molar-refractivity contribution in [2.24, 2.45) is 0 Å². The van der Waals surface area contributed by atoms with Crippen LogP contribution in [0, 0.1) is 0 Å². The number of benzene rings is 1. The first-order valence-corrected chi connectivity index (χ1v) is 9.50. The zero-order valence-corrected chi connectivity index (χ0v) is 14.3. The predicted molar refractivity (Wildman–Crippen MR) is 95.6 cm³/mol. The van der Waals surface area contributed by atoms with Crippen molar-refractivity contribution in [3.8, 4) is 11.4 Å². The summed E-state index contributed by atoms with van der Waals surface area (Å²) in [4.78, 5) is 13.2. The van der Waals surface area contributed by atoms with Crippen LogP contribution in [0.15, 0.2) is 48.8 Å². The lowest BCUT2D eigenvalue weighted by Gasteiger charge is -2.14. The van der Waals surface area contributed by atoms with E-state index in [0.717, 1.165) is 16.5 Å². The van der Waals surface area contributed by atoms with Gasteiger partial charge in [-0.1, -0.05) is 12.1 Å². The van der Waals surface area contributed by atoms with Crippen molar-refractivity contribution in [1.82, 2.24) is 15.0 Å². The van der Waals surface area contributed by atoms with Gasteiger partial charge in [0.25, 0.3) is 0 Å². The molecule has 1 N–H and O–H groups in total. The van der Waals surface area contributed by atoms with E-state index in [2.05, 4.69) is 20.3 Å². The number of nitrogens with zero attached hydrogens (tertiary/aromatic N) is 3. The average molecular weight is 342 g/mol. The molecule has 0 bridgehead atoms. The number of hydrogen-bond donors (Lipinski definition) is 1. The van der Waals surface area contributed by atoms with Gasteiger partial charge < -0.3 is 5.32 Å². The van der Waals surface area contributed by atoms with Crippen molar-refractivity contribution in [2.75, 3.05) is 18.1 Å². The van der Waals surface area contributed by atoms with Crippen LogP contribution >= 0.6 is 0 Å². The molecule has 0 spiro atoms. The average Bonchev–Trinajstić information content (AvgIpc) is 2.59. The molecular formula is C17H18N4O2S. The number of nitrogens with one attached hydrogen (secondary N) is 1. The summed E-state index contributed by atoms with van der Waals surface area (Å²) in [6.45, 7) is 1.96. The number of fused-ring (bicyclic) bond motifs is 1. The second kappa shape index (κ2) is 6.52. The van der Waals surface area contributed by atoms with Gasteiger partial charge in [-0.05, 0) is 31.2 Å². The van der Waals surface area contributed by atoms with Crippen LogP contribution in [0.3, 0.4) is 0 Å². The van der Waals surface area contributed by atoms with Crippen LogP contribution in [0.4, 0.5) is 5.82 Å². The van der Waals surface area contributed by atoms with Crippen molar-refractivity contribution >= 4 is 26.6 Å². The van der Waals surface area contributed by atoms with Crippen LogP contribution in [-0.2, 0) is 9.84 Å². The summed E-state index contributed by atoms with van der Waals surface area (Å²) >= 11 is 0. The highest BCUT2D eigenvalue weighted by Crippen LogP contribution is 2.24. The molecule has 2 aromatic heterocycles. The lowest BCUT2D eigenvalue weighted by molar-refractivity contribution is 0.591. The Morgan fingerprint density at radius 3 is 2.50 bits per heavy atom. The third-order valence-corrected chi connectivity index (χ3v) is 5.46. The molecule has 0 amide bonds. The third-order valence-electron chi connectivity index (χ3n) is 3.83. The SMILES string of the molecule is CC(CNc1nc(-c2ccncc2)nc2ccccc12)S(C)(=O)=O. The first kappa shape index (κ1) is 16.3. The maximum absolute atomic E-state index is 11.6. The van der Waals surface area contributed by atoms with E-state index in [9.17, 15) is 8.42 Å². The maximum atomic E-state index is 11.6. The van der Waals surface area contributed by atoms with Gasteiger partial charge in [0.1, 0.15) is 5.82 Å². The number of anilines is 1. The minimum Gasteiger partial charge on any atom is -0.368 e. The fraction of sp³-hybridized carbons (Fsp3) is 0.235. The van der Waals surface area contributed by atoms with E-state index in [1.54, 1.807) is 19.3 Å². The normalized spacial score (nSPS) is 12.9. The summed E-state index contributed by atoms with van der Waals surface area (Å²) in [5.74, 6) is 1.20. The standard InChI is InChI=1S/C17H18N4O2S/c1-12(24(2,22)23)11-19-17-14-5-3-4-6-15(14)20-16(21-17)13-7-9-18-10-8-13/h3-10,12H,11H2,1-2H3,(H,19,20,21). The van der Waals surface area contributed by atoms with Crippen molar-refractivity contribution in [2.45, 2.75) is 12.2 Å². The number of pyridine rings is 1. The monoisotopic (exact) mass is 342 g/mol. The Kier molecular flexibility index (Phi) is 4.44. The molecule has 1 aromatic carbocycles. The van der Waals surface area contributed by atoms with Gasteiger partial charge in [0, 0.05) is 36.1 Å². The molecule has 3 rings (SSSR count). The molecule has 6 nitrogen and oxygen atoms in total. The highest BCUT2D eigenvalue weighted by molar-refractivity contribution is 7.91. The van der Waals surface area contributed by atoms with Crippen LogP contribution in [0.5, 0.6) is 0 Å². The minimum absolute atomic E-state index is 0.287. The van der Waals surface area contributed by atoms with Crippen LogP contribution < -0.4 is 5.32 Å². The van der Waals surface area contributed by atoms with Gasteiger partial charge >= 0.3 is 0 Å². The summed E-state index contributed by atoms with van der Waals surface area (Å²) in [5.41, 5.74) is 1.66. The van der Waals surface area contributed by atoms with E-state index < -0.39 is 15.1 Å². The molecule has 0 fully saturated rings. The van der Waals surface area contributed by atoms with Crippen LogP contribution in [0.1, 0.15) is 6.92 Å². The van der Waals surface area contributed by atoms with Gasteiger partial charge in [0.05, 0.1) is 10.8 Å². The molecule has 0 aliphatic heterocycles. The highest BCUT2D eigenvalue weighted by Gasteiger charge is 2.16. The van der Waals surface area contributed by atoms with E-state index in [0.29, 0.717) is 11.6 Å². The zero-order valence-electron chi connectivity index (χ0n) is 13.5. The summed E-state index contributed by atoms with van der Waals surface area (Å²) in [6.07, 6.45) is 4.61. The molecule has 1 atom stereocenters. The van der Waals surface area contributed by atoms with Gasteiger partial charge in [0.2, 0.25) is 0 Å². The van der Waals surface area contributed by atoms with Gasteiger partial charge in [-0.15, -0.1) is 0 Å². The van der Waals surface area contributed by atoms with E-state index in [4.69, 9.17) is 0 Å². The lowest BCUT2D eigenvalue weighted by atomic mass is 10.2. The van der Waals surface area contributed by atoms with Gasteiger partial charge in [0.15, 0.2) is 15.7 Å². The third kappa shape index (κ3) is 3.51. The number of para-hydroxylation sites is 1. The Labute approximate surface area is 140 Å². The van der Waals surface area contributed by atoms with Crippen LogP contribution in [0.25, 0.3) is 22.3 Å². The van der Waals surface area contributed by atoms with Gasteiger partial charge in [-0.25, -0.2) is 18.4 Å². The Morgan fingerprint density at radius 1 is 1.08 bits per heavy atom. The fourth-order valence-corrected chi connectivity index (χ4v) is 2.62. The second-order valence-electron chi connectivity index (χ2n) is 5.67. The fourth-order valence-electron chi connectivity index (χ4n) is 2.23. The zero-order chi connectivity index (χ0) is 17.2. The van der Waals surface area contributed by atoms with E-state index in [-0.39, 0.29) is 6.54 Å². The first-order valence-electron chi connectivity index (χ1n) is 7.55. The number of hydrogen-bond acceptors (Lipinski definition) is 6. The molecular weight excluding hydrogens is 324 g/mol. The Morgan fingerprint density at radius 2 is 1.79 bits per heavy atom. The van der Waals surface area contributed by atoms with Crippen molar-refractivity contribution in [3.05, 3.63) is 48.8 Å². The summed E-state index contributed by atoms with van der Waals surface area (Å²) in [6, 6.07) is 11.3. The van der Waals surface area contributed by atoms with Gasteiger partial charge in [-0.3, -0.25) is 4.98 Å². The number of rotatable bonds is 5. The molecule has 1 unspecified atom stereocenters. The molecule has 2 heterocycles. The largest absolute Gasteiger partial charge is 0.368 e. The Bertz CT molecular complexity index is 959. The smallest absolute Gasteiger partial charge is 0.162 e. The quantitative estimate of drug-likeness (QED) is 0.767. The molecule has 3 aromatic rings. The maximum Gasteiger partial charge on any atom is 0.162 e. The summed E-state index contributed by atoms with van der Waals surface area (Å²) in [7, 11) is -3.10. The topological polar surface area (TPSA) is 84.8 Å². The molecule has 124 valence electrons. The van der Waals surface area contributed by atoms with E-state index in [1.165, 1.54) is 6.26 Å². The molecule has 0 saturated carbocycles. The number of aromatic nitrogens is 3. The molecule has 0 aliphatic rings. The molecule has 0 aliphatic carbocycles. The first-order chi connectivity index (χ1) is 11.4. The van der Waals surface area contributed by atoms with Gasteiger partial charge in [-0.2, -0.15) is 0 Å². The molecule has 0 saturated heterocycles. The summed E-state index contributed by atoms with van der Waals surface area (Å²) in [5, 5.41) is 3.51. The second-order valence-corrected chi connectivity index (χ2v) is 8.13. The van der Waals surface area contributed by atoms with Crippen LogP contribution in [-0.4, -0.2) is 41.4 Å². The molecule has 0 radical (unpaired) electrons. The van der Waals surface area contributed by atoms with Crippen molar-refractivity contribution < 1.29 is 8.42 Å². The molecule has 24 heavy (non-hydrogen) atoms. The summed E-state index contributed by atoms with van der Waals surface area (Å²) < 4.78 is 23.2. The number of sulfone groups is 1. The minimum atomic E-state index is -3.10. The van der Waals surface area contributed by atoms with Crippen molar-refractivity contribution in [3.63, 3.8) is 0 Å². The van der Waals surface area contributed by atoms with Crippen molar-refractivity contribution in [1.29, 1.82) is 0 Å².